The van der Waals surface area contributed by atoms with Crippen LogP contribution in [0.25, 0.3) is 0 Å². The van der Waals surface area contributed by atoms with Crippen LogP contribution in [0.1, 0.15) is 12.0 Å². The van der Waals surface area contributed by atoms with Crippen LogP contribution in [0, 0.1) is 0 Å². The topological polar surface area (TPSA) is 35.6 Å². The lowest BCUT2D eigenvalue weighted by molar-refractivity contribution is -0.121. The maximum absolute atomic E-state index is 11.9. The molecule has 2 rings (SSSR count). The molecule has 0 aliphatic carbocycles. The first-order chi connectivity index (χ1) is 10.5. The number of nitrogens with zero attached hydrogens (tertiary/aromatic N) is 2. The van der Waals surface area contributed by atoms with Gasteiger partial charge in [0.1, 0.15) is 0 Å². The van der Waals surface area contributed by atoms with Gasteiger partial charge in [-0.05, 0) is 31.2 Å². The van der Waals surface area contributed by atoms with Gasteiger partial charge in [0, 0.05) is 55.7 Å². The van der Waals surface area contributed by atoms with Crippen LogP contribution in [0.4, 0.5) is 0 Å². The summed E-state index contributed by atoms with van der Waals surface area (Å²) in [5.41, 5.74) is 1.01. The first-order valence-corrected chi connectivity index (χ1v) is 8.42. The summed E-state index contributed by atoms with van der Waals surface area (Å²) >= 11 is 12.0. The van der Waals surface area contributed by atoms with Gasteiger partial charge in [0.2, 0.25) is 5.91 Å². The van der Waals surface area contributed by atoms with Crippen molar-refractivity contribution in [2.24, 2.45) is 0 Å². The first-order valence-electron chi connectivity index (χ1n) is 7.66. The molecule has 1 N–H and O–H groups in total. The Morgan fingerprint density at radius 1 is 1.23 bits per heavy atom. The molecule has 1 aromatic carbocycles. The lowest BCUT2D eigenvalue weighted by Gasteiger charge is -2.32. The van der Waals surface area contributed by atoms with Gasteiger partial charge < -0.3 is 15.1 Å². The lowest BCUT2D eigenvalue weighted by Crippen LogP contribution is -2.45. The molecule has 1 aliphatic heterocycles. The lowest BCUT2D eigenvalue weighted by atomic mass is 10.1. The van der Waals surface area contributed by atoms with Crippen molar-refractivity contribution in [1.29, 1.82) is 0 Å². The van der Waals surface area contributed by atoms with E-state index in [4.69, 9.17) is 23.2 Å². The Morgan fingerprint density at radius 2 is 1.95 bits per heavy atom. The molecule has 1 aromatic rings. The van der Waals surface area contributed by atoms with Crippen molar-refractivity contribution in [2.75, 3.05) is 46.3 Å². The van der Waals surface area contributed by atoms with Gasteiger partial charge in [0.15, 0.2) is 0 Å². The zero-order chi connectivity index (χ0) is 15.9. The van der Waals surface area contributed by atoms with Crippen LogP contribution >= 0.6 is 23.2 Å². The van der Waals surface area contributed by atoms with Crippen molar-refractivity contribution >= 4 is 29.1 Å². The number of nitrogens with one attached hydrogen (secondary N) is 1. The Balaban J connectivity index is 1.63. The molecule has 0 radical (unpaired) electrons. The number of rotatable bonds is 6. The summed E-state index contributed by atoms with van der Waals surface area (Å²) in [4.78, 5) is 16.5. The van der Waals surface area contributed by atoms with Crippen LogP contribution < -0.4 is 5.32 Å². The number of hydrogen-bond donors (Lipinski definition) is 1. The molecule has 1 amide bonds. The fourth-order valence-corrected chi connectivity index (χ4v) is 2.98. The zero-order valence-electron chi connectivity index (χ0n) is 12.9. The van der Waals surface area contributed by atoms with Gasteiger partial charge in [0.25, 0.3) is 0 Å². The molecule has 1 saturated heterocycles. The predicted octanol–water partition coefficient (Wildman–Crippen LogP) is 2.29. The largest absolute Gasteiger partial charge is 0.356 e. The molecule has 4 nitrogen and oxygen atoms in total. The highest BCUT2D eigenvalue weighted by molar-refractivity contribution is 6.35. The zero-order valence-corrected chi connectivity index (χ0v) is 14.5. The van der Waals surface area contributed by atoms with Gasteiger partial charge in [-0.1, -0.05) is 29.3 Å². The van der Waals surface area contributed by atoms with Crippen molar-refractivity contribution in [2.45, 2.75) is 12.8 Å². The number of carbonyl (C=O) groups excluding carboxylic acids is 1. The van der Waals surface area contributed by atoms with Gasteiger partial charge in [-0.2, -0.15) is 0 Å². The molecule has 122 valence electrons. The smallest absolute Gasteiger partial charge is 0.221 e. The van der Waals surface area contributed by atoms with E-state index in [0.717, 1.165) is 44.7 Å². The number of halogens is 2. The Bertz CT molecular complexity index is 502. The Kier molecular flexibility index (Phi) is 6.96. The van der Waals surface area contributed by atoms with Gasteiger partial charge in [0.05, 0.1) is 0 Å². The third kappa shape index (κ3) is 5.76. The molecular weight excluding hydrogens is 321 g/mol. The second-order valence-electron chi connectivity index (χ2n) is 5.73. The van der Waals surface area contributed by atoms with E-state index in [1.807, 2.05) is 12.1 Å². The highest BCUT2D eigenvalue weighted by Gasteiger charge is 2.14. The van der Waals surface area contributed by atoms with E-state index in [0.29, 0.717) is 23.0 Å². The second-order valence-corrected chi connectivity index (χ2v) is 6.57. The third-order valence-electron chi connectivity index (χ3n) is 3.98. The molecule has 0 aromatic heterocycles. The highest BCUT2D eigenvalue weighted by Crippen LogP contribution is 2.21. The SMILES string of the molecule is CN1CCN(CCC(=O)NCCc2ccc(Cl)cc2Cl)CC1. The van der Waals surface area contributed by atoms with Crippen LogP contribution in [-0.2, 0) is 11.2 Å². The van der Waals surface area contributed by atoms with Crippen LogP contribution in [0.2, 0.25) is 10.0 Å². The number of carbonyl (C=O) groups is 1. The predicted molar refractivity (Wildman–Crippen MR) is 91.7 cm³/mol. The monoisotopic (exact) mass is 343 g/mol. The molecule has 1 aliphatic rings. The normalized spacial score (nSPS) is 16.7. The molecule has 22 heavy (non-hydrogen) atoms. The summed E-state index contributed by atoms with van der Waals surface area (Å²) in [6.45, 7) is 5.69. The number of piperazine rings is 1. The maximum atomic E-state index is 11.9. The van der Waals surface area contributed by atoms with Crippen LogP contribution in [0.15, 0.2) is 18.2 Å². The van der Waals surface area contributed by atoms with E-state index < -0.39 is 0 Å². The molecule has 0 bridgehead atoms. The molecule has 0 atom stereocenters. The van der Waals surface area contributed by atoms with Gasteiger partial charge in [-0.15, -0.1) is 0 Å². The molecule has 0 unspecified atom stereocenters. The van der Waals surface area contributed by atoms with Crippen LogP contribution in [0.5, 0.6) is 0 Å². The second kappa shape index (κ2) is 8.73. The summed E-state index contributed by atoms with van der Waals surface area (Å²) in [5.74, 6) is 0.101. The Hall–Kier alpha value is -0.810. The fourth-order valence-electron chi connectivity index (χ4n) is 2.48. The Labute approximate surface area is 142 Å². The van der Waals surface area contributed by atoms with Crippen molar-refractivity contribution in [3.8, 4) is 0 Å². The average molecular weight is 344 g/mol. The minimum atomic E-state index is 0.101. The summed E-state index contributed by atoms with van der Waals surface area (Å²) in [6, 6.07) is 5.45. The maximum Gasteiger partial charge on any atom is 0.221 e. The number of likely N-dealkylation sites (N-methyl/N-ethyl adjacent to an activating group) is 1. The molecular formula is C16H23Cl2N3O. The number of amides is 1. The van der Waals surface area contributed by atoms with Crippen molar-refractivity contribution < 1.29 is 4.79 Å². The highest BCUT2D eigenvalue weighted by atomic mass is 35.5. The van der Waals surface area contributed by atoms with Crippen LogP contribution in [-0.4, -0.2) is 62.0 Å². The minimum Gasteiger partial charge on any atom is -0.356 e. The van der Waals surface area contributed by atoms with Gasteiger partial charge in [-0.25, -0.2) is 0 Å². The quantitative estimate of drug-likeness (QED) is 0.860. The van der Waals surface area contributed by atoms with Gasteiger partial charge in [-0.3, -0.25) is 4.79 Å². The van der Waals surface area contributed by atoms with E-state index in [9.17, 15) is 4.79 Å². The van der Waals surface area contributed by atoms with Gasteiger partial charge >= 0.3 is 0 Å². The fraction of sp³-hybridized carbons (Fsp3) is 0.562. The summed E-state index contributed by atoms with van der Waals surface area (Å²) in [6.07, 6.45) is 1.27. The third-order valence-corrected chi connectivity index (χ3v) is 4.57. The molecule has 0 saturated carbocycles. The minimum absolute atomic E-state index is 0.101. The summed E-state index contributed by atoms with van der Waals surface area (Å²) < 4.78 is 0. The summed E-state index contributed by atoms with van der Waals surface area (Å²) in [7, 11) is 2.13. The standard InChI is InChI=1S/C16H23Cl2N3O/c1-20-8-10-21(11-9-20)7-5-16(22)19-6-4-13-2-3-14(17)12-15(13)18/h2-3,12H,4-11H2,1H3,(H,19,22). The van der Waals surface area contributed by atoms with Crippen molar-refractivity contribution in [1.82, 2.24) is 15.1 Å². The van der Waals surface area contributed by atoms with Crippen molar-refractivity contribution in [3.05, 3.63) is 33.8 Å². The molecule has 1 heterocycles. The number of hydrogen-bond acceptors (Lipinski definition) is 3. The molecule has 6 heteroatoms. The number of benzene rings is 1. The van der Waals surface area contributed by atoms with E-state index in [-0.39, 0.29) is 5.91 Å². The van der Waals surface area contributed by atoms with E-state index >= 15 is 0 Å². The molecule has 1 fully saturated rings. The Morgan fingerprint density at radius 3 is 2.64 bits per heavy atom. The first kappa shape index (κ1) is 17.5. The van der Waals surface area contributed by atoms with E-state index in [1.54, 1.807) is 6.07 Å². The van der Waals surface area contributed by atoms with E-state index in [1.165, 1.54) is 0 Å². The molecule has 0 spiro atoms. The van der Waals surface area contributed by atoms with Crippen molar-refractivity contribution in [3.63, 3.8) is 0 Å². The average Bonchev–Trinajstić information content (AvgIpc) is 2.49. The van der Waals surface area contributed by atoms with Crippen LogP contribution in [0.3, 0.4) is 0 Å². The van der Waals surface area contributed by atoms with E-state index in [2.05, 4.69) is 22.2 Å². The summed E-state index contributed by atoms with van der Waals surface area (Å²) in [5, 5.41) is 4.24.